The largest absolute Gasteiger partial charge is 0.301 e. The van der Waals surface area contributed by atoms with Gasteiger partial charge >= 0.3 is 0 Å². The maximum absolute atomic E-state index is 10.8. The molecule has 0 saturated carbocycles. The Kier molecular flexibility index (Phi) is 5.13. The van der Waals surface area contributed by atoms with Crippen LogP contribution >= 0.6 is 11.8 Å². The number of carbonyl (C=O) groups is 1. The fraction of sp³-hybridized carbons (Fsp3) is 0.917. The van der Waals surface area contributed by atoms with E-state index in [2.05, 4.69) is 30.5 Å². The Bertz CT molecular complexity index is 216. The van der Waals surface area contributed by atoms with Gasteiger partial charge in [0.1, 0.15) is 5.78 Å². The van der Waals surface area contributed by atoms with Crippen molar-refractivity contribution in [3.63, 3.8) is 0 Å². The Hall–Kier alpha value is -0.0200. The molecule has 1 saturated heterocycles. The minimum Gasteiger partial charge on any atom is -0.301 e. The summed E-state index contributed by atoms with van der Waals surface area (Å²) in [6.45, 7) is 9.89. The minimum atomic E-state index is 0.324. The Labute approximate surface area is 97.8 Å². The zero-order chi connectivity index (χ0) is 11.3. The van der Waals surface area contributed by atoms with Gasteiger partial charge in [-0.05, 0) is 40.2 Å². The smallest absolute Gasteiger partial charge is 0.129 e. The van der Waals surface area contributed by atoms with E-state index in [1.54, 1.807) is 6.92 Å². The van der Waals surface area contributed by atoms with Gasteiger partial charge < -0.3 is 9.69 Å². The molecule has 0 aromatic rings. The molecular weight excluding hydrogens is 206 g/mol. The zero-order valence-corrected chi connectivity index (χ0v) is 11.0. The van der Waals surface area contributed by atoms with E-state index in [4.69, 9.17) is 0 Å². The predicted octanol–water partition coefficient (Wildman–Crippen LogP) is 2.57. The summed E-state index contributed by atoms with van der Waals surface area (Å²) in [7, 11) is 0. The second kappa shape index (κ2) is 5.90. The summed E-state index contributed by atoms with van der Waals surface area (Å²) in [6, 6.07) is 0. The fourth-order valence-corrected chi connectivity index (χ4v) is 3.19. The highest BCUT2D eigenvalue weighted by Crippen LogP contribution is 2.29. The molecule has 1 fully saturated rings. The van der Waals surface area contributed by atoms with Crippen molar-refractivity contribution < 1.29 is 4.79 Å². The van der Waals surface area contributed by atoms with E-state index in [0.717, 1.165) is 19.4 Å². The highest BCUT2D eigenvalue weighted by atomic mass is 32.2. The van der Waals surface area contributed by atoms with E-state index in [1.807, 2.05) is 0 Å². The van der Waals surface area contributed by atoms with Crippen LogP contribution in [-0.2, 0) is 4.79 Å². The van der Waals surface area contributed by atoms with Crippen molar-refractivity contribution in [2.24, 2.45) is 0 Å². The molecule has 0 unspecified atom stereocenters. The molecule has 0 bridgehead atoms. The molecular formula is C12H23NOS. The van der Waals surface area contributed by atoms with E-state index >= 15 is 0 Å². The zero-order valence-electron chi connectivity index (χ0n) is 10.2. The van der Waals surface area contributed by atoms with Gasteiger partial charge in [-0.15, -0.1) is 0 Å². The van der Waals surface area contributed by atoms with Crippen molar-refractivity contribution in [2.75, 3.05) is 25.4 Å². The van der Waals surface area contributed by atoms with Crippen LogP contribution in [0, 0.1) is 0 Å². The van der Waals surface area contributed by atoms with E-state index in [1.165, 1.54) is 25.3 Å². The minimum absolute atomic E-state index is 0.324. The molecule has 0 spiro atoms. The van der Waals surface area contributed by atoms with E-state index < -0.39 is 0 Å². The molecule has 15 heavy (non-hydrogen) atoms. The summed E-state index contributed by atoms with van der Waals surface area (Å²) in [6.07, 6.45) is 2.98. The molecule has 2 nitrogen and oxygen atoms in total. The average molecular weight is 229 g/mol. The lowest BCUT2D eigenvalue weighted by Crippen LogP contribution is -2.43. The van der Waals surface area contributed by atoms with Gasteiger partial charge in [0.2, 0.25) is 0 Å². The van der Waals surface area contributed by atoms with Crippen molar-refractivity contribution in [1.82, 2.24) is 4.90 Å². The van der Waals surface area contributed by atoms with E-state index in [0.29, 0.717) is 10.5 Å². The van der Waals surface area contributed by atoms with Gasteiger partial charge in [-0.25, -0.2) is 0 Å². The first kappa shape index (κ1) is 13.0. The van der Waals surface area contributed by atoms with Gasteiger partial charge in [-0.1, -0.05) is 0 Å². The molecule has 1 heterocycles. The molecule has 1 aliphatic heterocycles. The first-order valence-electron chi connectivity index (χ1n) is 5.85. The number of rotatable bonds is 5. The number of unbranched alkanes of at least 4 members (excludes halogenated alkanes) is 1. The number of hydrogen-bond donors (Lipinski definition) is 0. The van der Waals surface area contributed by atoms with Crippen molar-refractivity contribution in [3.8, 4) is 0 Å². The van der Waals surface area contributed by atoms with Crippen molar-refractivity contribution in [2.45, 2.75) is 44.8 Å². The molecule has 0 aromatic carbocycles. The number of Topliss-reactive ketones (excluding diaryl/α,β-unsaturated/α-hetero) is 1. The quantitative estimate of drug-likeness (QED) is 0.676. The molecule has 3 heteroatoms. The van der Waals surface area contributed by atoms with Gasteiger partial charge in [0, 0.05) is 30.0 Å². The summed E-state index contributed by atoms with van der Waals surface area (Å²) in [4.78, 5) is 13.3. The number of ketones is 1. The Morgan fingerprint density at radius 1 is 1.40 bits per heavy atom. The topological polar surface area (TPSA) is 20.3 Å². The lowest BCUT2D eigenvalue weighted by molar-refractivity contribution is -0.117. The number of hydrogen-bond acceptors (Lipinski definition) is 3. The van der Waals surface area contributed by atoms with Crippen LogP contribution < -0.4 is 0 Å². The average Bonchev–Trinajstić information content (AvgIpc) is 2.10. The number of carbonyl (C=O) groups excluding carboxylic acids is 1. The molecule has 0 atom stereocenters. The number of thioether (sulfide) groups is 1. The van der Waals surface area contributed by atoms with Gasteiger partial charge in [0.25, 0.3) is 0 Å². The Morgan fingerprint density at radius 3 is 2.73 bits per heavy atom. The summed E-state index contributed by atoms with van der Waals surface area (Å²) >= 11 is 2.07. The van der Waals surface area contributed by atoms with Crippen molar-refractivity contribution in [3.05, 3.63) is 0 Å². The van der Waals surface area contributed by atoms with Gasteiger partial charge in [0.05, 0.1) is 0 Å². The summed E-state index contributed by atoms with van der Waals surface area (Å²) in [5, 5.41) is 0. The molecule has 0 amide bonds. The second-order valence-electron chi connectivity index (χ2n) is 5.04. The molecule has 1 rings (SSSR count). The Morgan fingerprint density at radius 2 is 2.13 bits per heavy atom. The van der Waals surface area contributed by atoms with Crippen LogP contribution in [0.25, 0.3) is 0 Å². The van der Waals surface area contributed by atoms with Crippen LogP contribution in [0.3, 0.4) is 0 Å². The predicted molar refractivity (Wildman–Crippen MR) is 67.5 cm³/mol. The lowest BCUT2D eigenvalue weighted by atomic mass is 10.1. The fourth-order valence-electron chi connectivity index (χ4n) is 2.01. The molecule has 0 N–H and O–H groups in total. The second-order valence-corrected chi connectivity index (χ2v) is 6.85. The summed E-state index contributed by atoms with van der Waals surface area (Å²) in [5.74, 6) is 1.57. The SMILES string of the molecule is CC(=O)CCCCN1CCSC(C)(C)C1. The third-order valence-corrected chi connectivity index (χ3v) is 4.06. The number of nitrogens with zero attached hydrogens (tertiary/aromatic N) is 1. The van der Waals surface area contributed by atoms with Crippen LogP contribution in [-0.4, -0.2) is 40.8 Å². The first-order valence-corrected chi connectivity index (χ1v) is 6.84. The maximum atomic E-state index is 10.8. The summed E-state index contributed by atoms with van der Waals surface area (Å²) < 4.78 is 0.416. The van der Waals surface area contributed by atoms with E-state index in [9.17, 15) is 4.79 Å². The van der Waals surface area contributed by atoms with Gasteiger partial charge in [-0.3, -0.25) is 0 Å². The van der Waals surface area contributed by atoms with Crippen LogP contribution in [0.2, 0.25) is 0 Å². The monoisotopic (exact) mass is 229 g/mol. The van der Waals surface area contributed by atoms with Crippen LogP contribution in [0.1, 0.15) is 40.0 Å². The molecule has 88 valence electrons. The molecule has 0 aromatic heterocycles. The maximum Gasteiger partial charge on any atom is 0.129 e. The third kappa shape index (κ3) is 5.57. The standard InChI is InChI=1S/C12H23NOS/c1-11(14)6-4-5-7-13-8-9-15-12(2,3)10-13/h4-10H2,1-3H3. The normalized spacial score (nSPS) is 21.5. The van der Waals surface area contributed by atoms with Crippen molar-refractivity contribution in [1.29, 1.82) is 0 Å². The summed E-state index contributed by atoms with van der Waals surface area (Å²) in [5.41, 5.74) is 0. The molecule has 0 radical (unpaired) electrons. The molecule has 1 aliphatic rings. The Balaban J connectivity index is 2.13. The van der Waals surface area contributed by atoms with Crippen LogP contribution in [0.4, 0.5) is 0 Å². The van der Waals surface area contributed by atoms with Gasteiger partial charge in [-0.2, -0.15) is 11.8 Å². The van der Waals surface area contributed by atoms with E-state index in [-0.39, 0.29) is 0 Å². The first-order chi connectivity index (χ1) is 6.99. The van der Waals surface area contributed by atoms with Crippen LogP contribution in [0.15, 0.2) is 0 Å². The highest BCUT2D eigenvalue weighted by Gasteiger charge is 2.26. The van der Waals surface area contributed by atoms with Crippen molar-refractivity contribution >= 4 is 17.5 Å². The highest BCUT2D eigenvalue weighted by molar-refractivity contribution is 8.00. The third-order valence-electron chi connectivity index (χ3n) is 2.76. The van der Waals surface area contributed by atoms with Gasteiger partial charge in [0.15, 0.2) is 0 Å². The lowest BCUT2D eigenvalue weighted by Gasteiger charge is -2.37. The molecule has 0 aliphatic carbocycles. The van der Waals surface area contributed by atoms with Crippen LogP contribution in [0.5, 0.6) is 0 Å².